The Bertz CT molecular complexity index is 931. The summed E-state index contributed by atoms with van der Waals surface area (Å²) in [5.74, 6) is 0.775. The molecule has 0 unspecified atom stereocenters. The van der Waals surface area contributed by atoms with Crippen molar-refractivity contribution >= 4 is 17.5 Å². The van der Waals surface area contributed by atoms with Gasteiger partial charge in [-0.1, -0.05) is 29.4 Å². The summed E-state index contributed by atoms with van der Waals surface area (Å²) in [6.45, 7) is 3.97. The van der Waals surface area contributed by atoms with Gasteiger partial charge in [0.1, 0.15) is 12.3 Å². The summed E-state index contributed by atoms with van der Waals surface area (Å²) in [7, 11) is 1.58. The van der Waals surface area contributed by atoms with Crippen LogP contribution in [0.4, 0.5) is 0 Å². The standard InChI is InChI=1S/C20H24N6O4/c1-29-13-18-21-19(24-30-18)15-4-2-14(3-5-15)12-25-8-10-26(11-9-25)20(28)16-6-7-17(27)23-22-16/h2-5H,6-13H2,1H3,(H,23,27). The monoisotopic (exact) mass is 412 g/mol. The molecule has 2 aliphatic rings. The third-order valence-corrected chi connectivity index (χ3v) is 5.17. The van der Waals surface area contributed by atoms with Gasteiger partial charge in [-0.15, -0.1) is 0 Å². The summed E-state index contributed by atoms with van der Waals surface area (Å²) in [4.78, 5) is 32.1. The van der Waals surface area contributed by atoms with Crippen LogP contribution in [0.5, 0.6) is 0 Å². The Morgan fingerprint density at radius 3 is 2.60 bits per heavy atom. The molecule has 30 heavy (non-hydrogen) atoms. The number of amides is 2. The smallest absolute Gasteiger partial charge is 0.270 e. The molecule has 2 aliphatic heterocycles. The number of hydrazone groups is 1. The summed E-state index contributed by atoms with van der Waals surface area (Å²) in [5, 5.41) is 7.88. The Kier molecular flexibility index (Phi) is 6.15. The fourth-order valence-corrected chi connectivity index (χ4v) is 3.49. The Morgan fingerprint density at radius 2 is 1.93 bits per heavy atom. The Balaban J connectivity index is 1.28. The number of carbonyl (C=O) groups excluding carboxylic acids is 2. The first-order valence-corrected chi connectivity index (χ1v) is 9.90. The van der Waals surface area contributed by atoms with Gasteiger partial charge in [0, 0.05) is 58.2 Å². The molecule has 0 bridgehead atoms. The molecular weight excluding hydrogens is 388 g/mol. The lowest BCUT2D eigenvalue weighted by Gasteiger charge is -2.35. The van der Waals surface area contributed by atoms with E-state index in [4.69, 9.17) is 9.26 Å². The zero-order valence-corrected chi connectivity index (χ0v) is 16.8. The van der Waals surface area contributed by atoms with E-state index in [0.29, 0.717) is 50.0 Å². The van der Waals surface area contributed by atoms with E-state index in [2.05, 4.69) is 37.7 Å². The minimum atomic E-state index is -0.142. The largest absolute Gasteiger partial charge is 0.375 e. The molecule has 1 fully saturated rings. The Hall–Kier alpha value is -3.11. The van der Waals surface area contributed by atoms with Crippen molar-refractivity contribution in [3.05, 3.63) is 35.7 Å². The number of ether oxygens (including phenoxy) is 1. The van der Waals surface area contributed by atoms with E-state index >= 15 is 0 Å². The minimum absolute atomic E-state index is 0.0769. The number of hydrogen-bond donors (Lipinski definition) is 1. The van der Waals surface area contributed by atoms with Gasteiger partial charge in [-0.25, -0.2) is 5.43 Å². The lowest BCUT2D eigenvalue weighted by molar-refractivity contribution is -0.126. The molecule has 4 rings (SSSR count). The molecule has 1 aromatic carbocycles. The van der Waals surface area contributed by atoms with Crippen molar-refractivity contribution in [2.24, 2.45) is 5.10 Å². The molecule has 0 atom stereocenters. The second-order valence-electron chi connectivity index (χ2n) is 7.30. The molecule has 1 N–H and O–H groups in total. The summed E-state index contributed by atoms with van der Waals surface area (Å²) in [6.07, 6.45) is 0.725. The van der Waals surface area contributed by atoms with Crippen LogP contribution in [0.15, 0.2) is 33.9 Å². The second kappa shape index (κ2) is 9.14. The van der Waals surface area contributed by atoms with E-state index in [1.165, 1.54) is 5.56 Å². The average Bonchev–Trinajstić information content (AvgIpc) is 3.24. The van der Waals surface area contributed by atoms with Gasteiger partial charge in [0.2, 0.25) is 11.7 Å². The van der Waals surface area contributed by atoms with Crippen LogP contribution in [0.2, 0.25) is 0 Å². The molecule has 2 aromatic rings. The second-order valence-corrected chi connectivity index (χ2v) is 7.30. The highest BCUT2D eigenvalue weighted by Crippen LogP contribution is 2.18. The fourth-order valence-electron chi connectivity index (χ4n) is 3.49. The molecule has 3 heterocycles. The number of benzene rings is 1. The quantitative estimate of drug-likeness (QED) is 0.746. The van der Waals surface area contributed by atoms with Gasteiger partial charge < -0.3 is 14.2 Å². The Morgan fingerprint density at radius 1 is 1.17 bits per heavy atom. The van der Waals surface area contributed by atoms with Crippen LogP contribution in [0.1, 0.15) is 24.3 Å². The lowest BCUT2D eigenvalue weighted by Crippen LogP contribution is -2.51. The summed E-state index contributed by atoms with van der Waals surface area (Å²) < 4.78 is 10.1. The summed E-state index contributed by atoms with van der Waals surface area (Å²) >= 11 is 0. The molecule has 0 saturated carbocycles. The lowest BCUT2D eigenvalue weighted by atomic mass is 10.1. The van der Waals surface area contributed by atoms with Crippen molar-refractivity contribution in [2.45, 2.75) is 26.0 Å². The fraction of sp³-hybridized carbons (Fsp3) is 0.450. The number of piperazine rings is 1. The first kappa shape index (κ1) is 20.2. The highest BCUT2D eigenvalue weighted by Gasteiger charge is 2.26. The molecule has 1 aromatic heterocycles. The van der Waals surface area contributed by atoms with Crippen molar-refractivity contribution in [3.63, 3.8) is 0 Å². The van der Waals surface area contributed by atoms with E-state index < -0.39 is 0 Å². The summed E-state index contributed by atoms with van der Waals surface area (Å²) in [6, 6.07) is 8.06. The van der Waals surface area contributed by atoms with Gasteiger partial charge in [0.15, 0.2) is 0 Å². The van der Waals surface area contributed by atoms with E-state index in [1.54, 1.807) is 7.11 Å². The summed E-state index contributed by atoms with van der Waals surface area (Å²) in [5.41, 5.74) is 4.89. The number of methoxy groups -OCH3 is 1. The topological polar surface area (TPSA) is 113 Å². The number of carbonyl (C=O) groups is 2. The maximum absolute atomic E-state index is 12.5. The normalized spacial score (nSPS) is 17.6. The predicted molar refractivity (Wildman–Crippen MR) is 107 cm³/mol. The number of nitrogens with one attached hydrogen (secondary N) is 1. The van der Waals surface area contributed by atoms with E-state index in [0.717, 1.165) is 25.2 Å². The third kappa shape index (κ3) is 4.71. The molecule has 0 aliphatic carbocycles. The number of aromatic nitrogens is 2. The SMILES string of the molecule is COCc1nc(-c2ccc(CN3CCN(C(=O)C4=NNC(=O)CC4)CC3)cc2)no1. The van der Waals surface area contributed by atoms with Crippen LogP contribution < -0.4 is 5.43 Å². The van der Waals surface area contributed by atoms with Crippen LogP contribution in [0.25, 0.3) is 11.4 Å². The first-order chi connectivity index (χ1) is 14.6. The predicted octanol–water partition coefficient (Wildman–Crippen LogP) is 0.793. The van der Waals surface area contributed by atoms with Crippen molar-refractivity contribution < 1.29 is 18.8 Å². The van der Waals surface area contributed by atoms with Gasteiger partial charge in [0.25, 0.3) is 11.8 Å². The van der Waals surface area contributed by atoms with E-state index in [-0.39, 0.29) is 11.8 Å². The highest BCUT2D eigenvalue weighted by molar-refractivity contribution is 6.39. The highest BCUT2D eigenvalue weighted by atomic mass is 16.5. The van der Waals surface area contributed by atoms with Gasteiger partial charge in [-0.3, -0.25) is 14.5 Å². The third-order valence-electron chi connectivity index (χ3n) is 5.17. The van der Waals surface area contributed by atoms with Gasteiger partial charge >= 0.3 is 0 Å². The van der Waals surface area contributed by atoms with Crippen molar-refractivity contribution in [1.29, 1.82) is 0 Å². The van der Waals surface area contributed by atoms with Gasteiger partial charge in [-0.2, -0.15) is 10.1 Å². The average molecular weight is 412 g/mol. The van der Waals surface area contributed by atoms with Crippen LogP contribution in [-0.4, -0.2) is 70.8 Å². The number of nitrogens with zero attached hydrogens (tertiary/aromatic N) is 5. The van der Waals surface area contributed by atoms with Crippen molar-refractivity contribution in [1.82, 2.24) is 25.4 Å². The first-order valence-electron chi connectivity index (χ1n) is 9.90. The molecule has 0 spiro atoms. The van der Waals surface area contributed by atoms with Crippen molar-refractivity contribution in [2.75, 3.05) is 33.3 Å². The van der Waals surface area contributed by atoms with Crippen LogP contribution in [0, 0.1) is 0 Å². The molecule has 1 saturated heterocycles. The number of rotatable bonds is 6. The molecular formula is C20H24N6O4. The minimum Gasteiger partial charge on any atom is -0.375 e. The van der Waals surface area contributed by atoms with Crippen LogP contribution in [-0.2, 0) is 27.5 Å². The molecule has 2 amide bonds. The molecule has 10 nitrogen and oxygen atoms in total. The number of hydrogen-bond acceptors (Lipinski definition) is 8. The van der Waals surface area contributed by atoms with Crippen molar-refractivity contribution in [3.8, 4) is 11.4 Å². The molecule has 10 heteroatoms. The molecule has 158 valence electrons. The maximum Gasteiger partial charge on any atom is 0.270 e. The van der Waals surface area contributed by atoms with Gasteiger partial charge in [-0.05, 0) is 5.56 Å². The zero-order valence-electron chi connectivity index (χ0n) is 16.8. The van der Waals surface area contributed by atoms with Crippen LogP contribution >= 0.6 is 0 Å². The Labute approximate surface area is 173 Å². The van der Waals surface area contributed by atoms with E-state index in [1.807, 2.05) is 17.0 Å². The maximum atomic E-state index is 12.5. The van der Waals surface area contributed by atoms with Gasteiger partial charge in [0.05, 0.1) is 0 Å². The van der Waals surface area contributed by atoms with E-state index in [9.17, 15) is 9.59 Å². The molecule has 0 radical (unpaired) electrons. The zero-order chi connectivity index (χ0) is 20.9. The van der Waals surface area contributed by atoms with Crippen LogP contribution in [0.3, 0.4) is 0 Å².